The molecule has 0 saturated carbocycles. The zero-order chi connectivity index (χ0) is 15.1. The summed E-state index contributed by atoms with van der Waals surface area (Å²) >= 11 is 0. The Hall–Kier alpha value is -1.14. The van der Waals surface area contributed by atoms with Gasteiger partial charge in [-0.3, -0.25) is 0 Å². The minimum Gasteiger partial charge on any atom is -0.487 e. The predicted molar refractivity (Wildman–Crippen MR) is 75.7 cm³/mol. The molecular formula is C14H21BFNO3. The van der Waals surface area contributed by atoms with Gasteiger partial charge in [0.1, 0.15) is 0 Å². The van der Waals surface area contributed by atoms with E-state index in [0.717, 1.165) is 0 Å². The number of hydrogen-bond donors (Lipinski definition) is 0. The van der Waals surface area contributed by atoms with Crippen LogP contribution in [0.15, 0.2) is 12.3 Å². The van der Waals surface area contributed by atoms with Crippen LogP contribution in [0.1, 0.15) is 41.5 Å². The summed E-state index contributed by atoms with van der Waals surface area (Å²) in [6, 6.07) is 1.67. The van der Waals surface area contributed by atoms with E-state index >= 15 is 0 Å². The standard InChI is InChI=1S/C14H21BFNO3/c1-9(2)18-11-10(7-8-17-12(11)16)15-19-13(3,4)14(5,6)20-15/h7-9H,1-6H3. The number of nitrogens with zero attached hydrogens (tertiary/aromatic N) is 1. The number of halogens is 1. The molecule has 0 bridgehead atoms. The Morgan fingerprint density at radius 1 is 1.20 bits per heavy atom. The molecule has 6 heteroatoms. The molecule has 4 nitrogen and oxygen atoms in total. The Kier molecular flexibility index (Phi) is 3.82. The lowest BCUT2D eigenvalue weighted by atomic mass is 9.79. The van der Waals surface area contributed by atoms with Crippen LogP contribution in [-0.2, 0) is 9.31 Å². The molecule has 1 aliphatic rings. The molecule has 2 heterocycles. The molecule has 110 valence electrons. The first kappa shape index (κ1) is 15.3. The second-order valence-corrected chi connectivity index (χ2v) is 6.27. The molecule has 2 rings (SSSR count). The van der Waals surface area contributed by atoms with Crippen molar-refractivity contribution in [1.82, 2.24) is 4.98 Å². The Labute approximate surface area is 119 Å². The largest absolute Gasteiger partial charge is 0.498 e. The van der Waals surface area contributed by atoms with Gasteiger partial charge in [-0.15, -0.1) is 0 Å². The highest BCUT2D eigenvalue weighted by Gasteiger charge is 2.52. The first-order valence-corrected chi connectivity index (χ1v) is 6.81. The average Bonchev–Trinajstić information content (AvgIpc) is 2.50. The van der Waals surface area contributed by atoms with Gasteiger partial charge in [0.15, 0.2) is 5.75 Å². The fraction of sp³-hybridized carbons (Fsp3) is 0.643. The number of aromatic nitrogens is 1. The van der Waals surface area contributed by atoms with Crippen LogP contribution in [0, 0.1) is 5.95 Å². The number of ether oxygens (including phenoxy) is 1. The summed E-state index contributed by atoms with van der Waals surface area (Å²) in [5.41, 5.74) is -0.427. The second kappa shape index (κ2) is 5.00. The van der Waals surface area contributed by atoms with Gasteiger partial charge in [0.2, 0.25) is 0 Å². The van der Waals surface area contributed by atoms with Crippen LogP contribution < -0.4 is 10.2 Å². The molecule has 1 aliphatic heterocycles. The van der Waals surface area contributed by atoms with Crippen molar-refractivity contribution in [3.8, 4) is 5.75 Å². The quantitative estimate of drug-likeness (QED) is 0.629. The van der Waals surface area contributed by atoms with Gasteiger partial charge >= 0.3 is 7.12 Å². The first-order valence-electron chi connectivity index (χ1n) is 6.81. The molecule has 1 fully saturated rings. The van der Waals surface area contributed by atoms with Crippen molar-refractivity contribution in [3.63, 3.8) is 0 Å². The lowest BCUT2D eigenvalue weighted by Gasteiger charge is -2.32. The highest BCUT2D eigenvalue weighted by atomic mass is 19.1. The summed E-state index contributed by atoms with van der Waals surface area (Å²) in [5, 5.41) is 0. The SMILES string of the molecule is CC(C)Oc1c(B2OC(C)(C)C(C)(C)O2)ccnc1F. The number of rotatable bonds is 3. The van der Waals surface area contributed by atoms with E-state index in [1.54, 1.807) is 6.07 Å². The molecule has 20 heavy (non-hydrogen) atoms. The van der Waals surface area contributed by atoms with Crippen molar-refractivity contribution in [1.29, 1.82) is 0 Å². The van der Waals surface area contributed by atoms with Crippen LogP contribution in [0.5, 0.6) is 5.75 Å². The molecule has 1 aromatic rings. The first-order chi connectivity index (χ1) is 9.14. The van der Waals surface area contributed by atoms with E-state index in [2.05, 4.69) is 4.98 Å². The lowest BCUT2D eigenvalue weighted by Crippen LogP contribution is -2.41. The maximum absolute atomic E-state index is 13.9. The molecule has 1 aromatic heterocycles. The number of hydrogen-bond acceptors (Lipinski definition) is 4. The third-order valence-electron chi connectivity index (χ3n) is 3.75. The highest BCUT2D eigenvalue weighted by molar-refractivity contribution is 6.63. The number of pyridine rings is 1. The van der Waals surface area contributed by atoms with Gasteiger partial charge in [0.05, 0.1) is 17.3 Å². The van der Waals surface area contributed by atoms with Crippen molar-refractivity contribution in [2.24, 2.45) is 0 Å². The molecule has 1 saturated heterocycles. The molecule has 0 atom stereocenters. The van der Waals surface area contributed by atoms with Gasteiger partial charge in [0, 0.05) is 11.7 Å². The van der Waals surface area contributed by atoms with Crippen LogP contribution in [-0.4, -0.2) is 29.4 Å². The van der Waals surface area contributed by atoms with Crippen LogP contribution >= 0.6 is 0 Å². The van der Waals surface area contributed by atoms with E-state index in [9.17, 15) is 4.39 Å². The summed E-state index contributed by atoms with van der Waals surface area (Å²) in [6.45, 7) is 11.5. The maximum Gasteiger partial charge on any atom is 0.498 e. The van der Waals surface area contributed by atoms with E-state index in [-0.39, 0.29) is 11.9 Å². The fourth-order valence-corrected chi connectivity index (χ4v) is 1.94. The van der Waals surface area contributed by atoms with Crippen LogP contribution in [0.3, 0.4) is 0 Å². The zero-order valence-corrected chi connectivity index (χ0v) is 12.9. The van der Waals surface area contributed by atoms with Crippen molar-refractivity contribution in [2.45, 2.75) is 58.8 Å². The fourth-order valence-electron chi connectivity index (χ4n) is 1.94. The molecule has 0 unspecified atom stereocenters. The third kappa shape index (κ3) is 2.67. The minimum atomic E-state index is -0.661. The van der Waals surface area contributed by atoms with E-state index in [1.807, 2.05) is 41.5 Å². The summed E-state index contributed by atoms with van der Waals surface area (Å²) in [5.74, 6) is -0.549. The second-order valence-electron chi connectivity index (χ2n) is 6.27. The van der Waals surface area contributed by atoms with Crippen LogP contribution in [0.25, 0.3) is 0 Å². The highest BCUT2D eigenvalue weighted by Crippen LogP contribution is 2.37. The van der Waals surface area contributed by atoms with Gasteiger partial charge in [-0.25, -0.2) is 4.98 Å². The Balaban J connectivity index is 2.37. The smallest absolute Gasteiger partial charge is 0.487 e. The summed E-state index contributed by atoms with van der Waals surface area (Å²) < 4.78 is 31.3. The van der Waals surface area contributed by atoms with Crippen molar-refractivity contribution in [3.05, 3.63) is 18.2 Å². The van der Waals surface area contributed by atoms with Crippen LogP contribution in [0.2, 0.25) is 0 Å². The van der Waals surface area contributed by atoms with E-state index in [1.165, 1.54) is 6.20 Å². The summed E-state index contributed by atoms with van der Waals surface area (Å²) in [7, 11) is -0.661. The van der Waals surface area contributed by atoms with Crippen LogP contribution in [0.4, 0.5) is 4.39 Å². The van der Waals surface area contributed by atoms with Crippen molar-refractivity contribution >= 4 is 12.6 Å². The van der Waals surface area contributed by atoms with Gasteiger partial charge in [-0.05, 0) is 47.6 Å². The summed E-state index contributed by atoms with van der Waals surface area (Å²) in [4.78, 5) is 3.63. The third-order valence-corrected chi connectivity index (χ3v) is 3.75. The maximum atomic E-state index is 13.9. The topological polar surface area (TPSA) is 40.6 Å². The normalized spacial score (nSPS) is 20.5. The van der Waals surface area contributed by atoms with E-state index in [4.69, 9.17) is 14.0 Å². The minimum absolute atomic E-state index is 0.0981. The Morgan fingerprint density at radius 3 is 2.25 bits per heavy atom. The zero-order valence-electron chi connectivity index (χ0n) is 12.9. The molecular weight excluding hydrogens is 260 g/mol. The van der Waals surface area contributed by atoms with E-state index in [0.29, 0.717) is 5.46 Å². The monoisotopic (exact) mass is 281 g/mol. The average molecular weight is 281 g/mol. The predicted octanol–water partition coefficient (Wildman–Crippen LogP) is 2.31. The van der Waals surface area contributed by atoms with Gasteiger partial charge in [-0.2, -0.15) is 4.39 Å². The molecule has 0 amide bonds. The van der Waals surface area contributed by atoms with Gasteiger partial charge < -0.3 is 14.0 Å². The molecule has 0 radical (unpaired) electrons. The molecule has 0 N–H and O–H groups in total. The van der Waals surface area contributed by atoms with Crippen molar-refractivity contribution in [2.75, 3.05) is 0 Å². The van der Waals surface area contributed by atoms with Crippen molar-refractivity contribution < 1.29 is 18.4 Å². The lowest BCUT2D eigenvalue weighted by molar-refractivity contribution is 0.00578. The molecule has 0 aromatic carbocycles. The Bertz CT molecular complexity index is 489. The summed E-state index contributed by atoms with van der Waals surface area (Å²) in [6.07, 6.45) is 1.23. The molecule has 0 spiro atoms. The molecule has 0 aliphatic carbocycles. The van der Waals surface area contributed by atoms with E-state index < -0.39 is 24.3 Å². The Morgan fingerprint density at radius 2 is 1.75 bits per heavy atom. The van der Waals surface area contributed by atoms with Gasteiger partial charge in [0.25, 0.3) is 5.95 Å². The van der Waals surface area contributed by atoms with Gasteiger partial charge in [-0.1, -0.05) is 0 Å².